The lowest BCUT2D eigenvalue weighted by atomic mass is 10.1. The summed E-state index contributed by atoms with van der Waals surface area (Å²) in [6.45, 7) is 4.08. The zero-order chi connectivity index (χ0) is 16.9. The molecule has 3 rings (SSSR count). The Hall–Kier alpha value is -1.99. The largest absolute Gasteiger partial charge is 0.378 e. The van der Waals surface area contributed by atoms with Crippen LogP contribution in [0.15, 0.2) is 24.3 Å². The molecule has 1 aromatic carbocycles. The number of ether oxygens (including phenoxy) is 1. The van der Waals surface area contributed by atoms with Gasteiger partial charge in [0.2, 0.25) is 11.8 Å². The van der Waals surface area contributed by atoms with E-state index in [0.717, 1.165) is 13.0 Å². The van der Waals surface area contributed by atoms with E-state index in [1.165, 1.54) is 24.3 Å². The highest BCUT2D eigenvalue weighted by molar-refractivity contribution is 5.92. The molecule has 1 aromatic rings. The van der Waals surface area contributed by atoms with Gasteiger partial charge in [0.05, 0.1) is 25.7 Å². The monoisotopic (exact) mass is 335 g/mol. The van der Waals surface area contributed by atoms with Gasteiger partial charge < -0.3 is 15.0 Å². The number of likely N-dealkylation sites (tertiary alicyclic amines) is 1. The Morgan fingerprint density at radius 2 is 1.88 bits per heavy atom. The number of nitrogens with one attached hydrogen (secondary N) is 1. The quantitative estimate of drug-likeness (QED) is 0.890. The molecule has 0 radical (unpaired) electrons. The van der Waals surface area contributed by atoms with Gasteiger partial charge in [0.25, 0.3) is 0 Å². The van der Waals surface area contributed by atoms with Gasteiger partial charge in [0.15, 0.2) is 0 Å². The van der Waals surface area contributed by atoms with E-state index >= 15 is 0 Å². The lowest BCUT2D eigenvalue weighted by molar-refractivity contribution is -0.139. The average Bonchev–Trinajstić information content (AvgIpc) is 3.05. The van der Waals surface area contributed by atoms with Crippen molar-refractivity contribution in [2.45, 2.75) is 6.42 Å². The first-order valence-electron chi connectivity index (χ1n) is 8.26. The molecule has 0 saturated carbocycles. The minimum atomic E-state index is -0.336. The number of amides is 2. The van der Waals surface area contributed by atoms with E-state index in [2.05, 4.69) is 5.32 Å². The molecule has 2 aliphatic heterocycles. The zero-order valence-corrected chi connectivity index (χ0v) is 13.5. The molecule has 2 saturated heterocycles. The number of hydrogen-bond donors (Lipinski definition) is 1. The number of hydrogen-bond acceptors (Lipinski definition) is 4. The van der Waals surface area contributed by atoms with Crippen LogP contribution in [0.3, 0.4) is 0 Å². The van der Waals surface area contributed by atoms with Crippen molar-refractivity contribution in [1.82, 2.24) is 9.80 Å². The first-order valence-corrected chi connectivity index (χ1v) is 8.26. The summed E-state index contributed by atoms with van der Waals surface area (Å²) in [6.07, 6.45) is 0.778. The van der Waals surface area contributed by atoms with Gasteiger partial charge in [-0.2, -0.15) is 0 Å². The Bertz CT molecular complexity index is 587. The van der Waals surface area contributed by atoms with Gasteiger partial charge in [-0.1, -0.05) is 0 Å². The first-order chi connectivity index (χ1) is 11.6. The third-order valence-corrected chi connectivity index (χ3v) is 4.44. The second-order valence-corrected chi connectivity index (χ2v) is 6.21. The van der Waals surface area contributed by atoms with Crippen LogP contribution < -0.4 is 5.32 Å². The highest BCUT2D eigenvalue weighted by atomic mass is 19.1. The van der Waals surface area contributed by atoms with Crippen molar-refractivity contribution >= 4 is 17.5 Å². The number of anilines is 1. The fraction of sp³-hybridized carbons (Fsp3) is 0.529. The van der Waals surface area contributed by atoms with Crippen molar-refractivity contribution in [3.05, 3.63) is 30.1 Å². The van der Waals surface area contributed by atoms with Crippen molar-refractivity contribution in [2.75, 3.05) is 51.3 Å². The van der Waals surface area contributed by atoms with E-state index in [9.17, 15) is 14.0 Å². The van der Waals surface area contributed by atoms with E-state index in [1.54, 1.807) is 0 Å². The number of carbonyl (C=O) groups excluding carboxylic acids is 2. The Kier molecular flexibility index (Phi) is 5.42. The van der Waals surface area contributed by atoms with Crippen molar-refractivity contribution in [3.8, 4) is 0 Å². The summed E-state index contributed by atoms with van der Waals surface area (Å²) in [5, 5.41) is 2.74. The summed E-state index contributed by atoms with van der Waals surface area (Å²) in [7, 11) is 0. The van der Waals surface area contributed by atoms with Gasteiger partial charge in [-0.3, -0.25) is 14.5 Å². The summed E-state index contributed by atoms with van der Waals surface area (Å²) >= 11 is 0. The van der Waals surface area contributed by atoms with Gasteiger partial charge >= 0.3 is 0 Å². The molecule has 1 N–H and O–H groups in total. The van der Waals surface area contributed by atoms with E-state index in [0.29, 0.717) is 38.5 Å². The molecule has 2 heterocycles. The summed E-state index contributed by atoms with van der Waals surface area (Å²) in [5.41, 5.74) is 0.571. The topological polar surface area (TPSA) is 61.9 Å². The van der Waals surface area contributed by atoms with Crippen LogP contribution in [0.5, 0.6) is 0 Å². The van der Waals surface area contributed by atoms with Gasteiger partial charge in [0, 0.05) is 25.3 Å². The van der Waals surface area contributed by atoms with Crippen molar-refractivity contribution < 1.29 is 18.7 Å². The second kappa shape index (κ2) is 7.72. The standard InChI is InChI=1S/C17H22FN3O3/c18-14-1-3-15(4-2-14)19-16(22)12-20-6-5-13(11-20)17(23)21-7-9-24-10-8-21/h1-4,13H,5-12H2,(H,19,22). The predicted molar refractivity (Wildman–Crippen MR) is 87.0 cm³/mol. The number of nitrogens with zero attached hydrogens (tertiary/aromatic N) is 2. The Morgan fingerprint density at radius 3 is 2.58 bits per heavy atom. The summed E-state index contributed by atoms with van der Waals surface area (Å²) < 4.78 is 18.1. The Morgan fingerprint density at radius 1 is 1.17 bits per heavy atom. The Labute approximate surface area is 140 Å². The van der Waals surface area contributed by atoms with Gasteiger partial charge in [-0.05, 0) is 37.2 Å². The lowest BCUT2D eigenvalue weighted by Crippen LogP contribution is -2.44. The van der Waals surface area contributed by atoms with Crippen LogP contribution >= 0.6 is 0 Å². The smallest absolute Gasteiger partial charge is 0.238 e. The predicted octanol–water partition coefficient (Wildman–Crippen LogP) is 0.945. The van der Waals surface area contributed by atoms with Crippen LogP contribution in [0.4, 0.5) is 10.1 Å². The Balaban J connectivity index is 1.46. The molecule has 6 nitrogen and oxygen atoms in total. The highest BCUT2D eigenvalue weighted by Crippen LogP contribution is 2.19. The highest BCUT2D eigenvalue weighted by Gasteiger charge is 2.32. The van der Waals surface area contributed by atoms with Crippen LogP contribution in [0.1, 0.15) is 6.42 Å². The number of rotatable bonds is 4. The molecule has 1 unspecified atom stereocenters. The molecule has 0 aliphatic carbocycles. The molecule has 7 heteroatoms. The second-order valence-electron chi connectivity index (χ2n) is 6.21. The molecule has 2 amide bonds. The molecule has 0 spiro atoms. The van der Waals surface area contributed by atoms with Gasteiger partial charge in [0.1, 0.15) is 5.82 Å². The molecular formula is C17H22FN3O3. The van der Waals surface area contributed by atoms with Crippen molar-refractivity contribution in [2.24, 2.45) is 5.92 Å². The molecular weight excluding hydrogens is 313 g/mol. The first kappa shape index (κ1) is 16.9. The minimum Gasteiger partial charge on any atom is -0.378 e. The van der Waals surface area contributed by atoms with E-state index in [4.69, 9.17) is 4.74 Å². The zero-order valence-electron chi connectivity index (χ0n) is 13.5. The molecule has 2 aliphatic rings. The third kappa shape index (κ3) is 4.30. The summed E-state index contributed by atoms with van der Waals surface area (Å²) in [4.78, 5) is 28.4. The molecule has 130 valence electrons. The van der Waals surface area contributed by atoms with Crippen LogP contribution in [-0.2, 0) is 14.3 Å². The van der Waals surface area contributed by atoms with Crippen LogP contribution in [-0.4, -0.2) is 67.6 Å². The van der Waals surface area contributed by atoms with Crippen molar-refractivity contribution in [1.29, 1.82) is 0 Å². The number of benzene rings is 1. The maximum Gasteiger partial charge on any atom is 0.238 e. The average molecular weight is 335 g/mol. The molecule has 1 atom stereocenters. The minimum absolute atomic E-state index is 0.0401. The maximum atomic E-state index is 12.9. The van der Waals surface area contributed by atoms with E-state index < -0.39 is 0 Å². The molecule has 24 heavy (non-hydrogen) atoms. The molecule has 0 aromatic heterocycles. The summed E-state index contributed by atoms with van der Waals surface area (Å²) in [5.74, 6) is -0.362. The van der Waals surface area contributed by atoms with Crippen LogP contribution in [0.25, 0.3) is 0 Å². The fourth-order valence-electron chi connectivity index (χ4n) is 3.16. The van der Waals surface area contributed by atoms with Crippen LogP contribution in [0, 0.1) is 11.7 Å². The van der Waals surface area contributed by atoms with E-state index in [1.807, 2.05) is 9.80 Å². The SMILES string of the molecule is O=C(CN1CCC(C(=O)N2CCOCC2)C1)Nc1ccc(F)cc1. The van der Waals surface area contributed by atoms with E-state index in [-0.39, 0.29) is 30.1 Å². The van der Waals surface area contributed by atoms with Gasteiger partial charge in [-0.25, -0.2) is 4.39 Å². The lowest BCUT2D eigenvalue weighted by Gasteiger charge is -2.29. The number of morpholine rings is 1. The fourth-order valence-corrected chi connectivity index (χ4v) is 3.16. The maximum absolute atomic E-state index is 12.9. The van der Waals surface area contributed by atoms with Crippen LogP contribution in [0.2, 0.25) is 0 Å². The van der Waals surface area contributed by atoms with Gasteiger partial charge in [-0.15, -0.1) is 0 Å². The summed E-state index contributed by atoms with van der Waals surface area (Å²) in [6, 6.07) is 5.68. The third-order valence-electron chi connectivity index (χ3n) is 4.44. The number of halogens is 1. The van der Waals surface area contributed by atoms with Crippen molar-refractivity contribution in [3.63, 3.8) is 0 Å². The normalized spacial score (nSPS) is 21.7. The molecule has 2 fully saturated rings. The molecule has 0 bridgehead atoms. The number of carbonyl (C=O) groups is 2.